The number of carbonyl (C=O) groups is 1. The van der Waals surface area contributed by atoms with Crippen molar-refractivity contribution < 1.29 is 14.3 Å². The summed E-state index contributed by atoms with van der Waals surface area (Å²) < 4.78 is 13.6. The van der Waals surface area contributed by atoms with E-state index in [1.165, 1.54) is 17.0 Å². The van der Waals surface area contributed by atoms with Gasteiger partial charge in [0.1, 0.15) is 5.82 Å². The second-order valence-electron chi connectivity index (χ2n) is 3.92. The second-order valence-corrected chi connectivity index (χ2v) is 4.77. The number of amides is 1. The minimum absolute atomic E-state index is 0.128. The van der Waals surface area contributed by atoms with Crippen LogP contribution in [0.1, 0.15) is 12.0 Å². The highest BCUT2D eigenvalue weighted by Gasteiger charge is 2.31. The Balaban J connectivity index is 2.44. The van der Waals surface area contributed by atoms with Gasteiger partial charge in [0.2, 0.25) is 5.91 Å². The lowest BCUT2D eigenvalue weighted by molar-refractivity contribution is -0.117. The van der Waals surface area contributed by atoms with Crippen molar-refractivity contribution in [3.8, 4) is 0 Å². The molecule has 0 aliphatic carbocycles. The zero-order valence-corrected chi connectivity index (χ0v) is 10.3. The van der Waals surface area contributed by atoms with Gasteiger partial charge in [0, 0.05) is 4.47 Å². The van der Waals surface area contributed by atoms with Crippen molar-refractivity contribution >= 4 is 27.5 Å². The summed E-state index contributed by atoms with van der Waals surface area (Å²) in [7, 11) is 0. The molecule has 1 aliphatic rings. The van der Waals surface area contributed by atoms with E-state index in [1.807, 2.05) is 0 Å². The van der Waals surface area contributed by atoms with E-state index < -0.39 is 6.10 Å². The highest BCUT2D eigenvalue weighted by molar-refractivity contribution is 9.10. The van der Waals surface area contributed by atoms with E-state index in [4.69, 9.17) is 0 Å². The van der Waals surface area contributed by atoms with E-state index in [2.05, 4.69) is 15.9 Å². The fourth-order valence-corrected chi connectivity index (χ4v) is 2.69. The maximum Gasteiger partial charge on any atom is 0.229 e. The van der Waals surface area contributed by atoms with Crippen molar-refractivity contribution in [3.05, 3.63) is 28.0 Å². The van der Waals surface area contributed by atoms with Crippen LogP contribution in [0.2, 0.25) is 0 Å². The Morgan fingerprint density at radius 2 is 2.25 bits per heavy atom. The number of aliphatic hydroxyl groups is 1. The third-order valence-electron chi connectivity index (χ3n) is 2.59. The molecule has 1 fully saturated rings. The minimum atomic E-state index is -0.635. The molecule has 86 valence electrons. The first-order valence-electron chi connectivity index (χ1n) is 4.93. The zero-order chi connectivity index (χ0) is 11.9. The molecule has 0 bridgehead atoms. The standard InChI is InChI=1S/C11H11BrFNO2/c1-6-2-7(13)3-9(12)11(6)14-5-8(15)4-10(14)16/h2-3,8,15H,4-5H2,1H3. The highest BCUT2D eigenvalue weighted by Crippen LogP contribution is 2.33. The van der Waals surface area contributed by atoms with Gasteiger partial charge in [0.15, 0.2) is 0 Å². The third-order valence-corrected chi connectivity index (χ3v) is 3.20. The van der Waals surface area contributed by atoms with Crippen LogP contribution in [0.4, 0.5) is 10.1 Å². The summed E-state index contributed by atoms with van der Waals surface area (Å²) >= 11 is 3.24. The van der Waals surface area contributed by atoms with Gasteiger partial charge < -0.3 is 10.0 Å². The third kappa shape index (κ3) is 1.97. The number of hydrogen-bond donors (Lipinski definition) is 1. The number of halogens is 2. The van der Waals surface area contributed by atoms with Gasteiger partial charge in [-0.05, 0) is 40.5 Å². The molecular formula is C11H11BrFNO2. The topological polar surface area (TPSA) is 40.5 Å². The van der Waals surface area contributed by atoms with E-state index in [9.17, 15) is 14.3 Å². The maximum absolute atomic E-state index is 13.1. The molecule has 1 unspecified atom stereocenters. The number of hydrogen-bond acceptors (Lipinski definition) is 2. The first kappa shape index (κ1) is 11.5. The molecule has 1 heterocycles. The average Bonchev–Trinajstić information content (AvgIpc) is 2.43. The van der Waals surface area contributed by atoms with Crippen molar-refractivity contribution in [2.75, 3.05) is 11.4 Å². The summed E-state index contributed by atoms with van der Waals surface area (Å²) in [5, 5.41) is 9.42. The number of rotatable bonds is 1. The number of aryl methyl sites for hydroxylation is 1. The lowest BCUT2D eigenvalue weighted by Gasteiger charge is -2.20. The number of aliphatic hydroxyl groups excluding tert-OH is 1. The lowest BCUT2D eigenvalue weighted by Crippen LogP contribution is -2.26. The van der Waals surface area contributed by atoms with Crippen molar-refractivity contribution in [3.63, 3.8) is 0 Å². The largest absolute Gasteiger partial charge is 0.391 e. The predicted molar refractivity (Wildman–Crippen MR) is 61.8 cm³/mol. The Morgan fingerprint density at radius 3 is 2.75 bits per heavy atom. The summed E-state index contributed by atoms with van der Waals surface area (Å²) in [6, 6.07) is 2.69. The molecule has 1 N–H and O–H groups in total. The van der Waals surface area contributed by atoms with Crippen LogP contribution in [-0.4, -0.2) is 23.7 Å². The van der Waals surface area contributed by atoms with Crippen LogP contribution in [0.5, 0.6) is 0 Å². The van der Waals surface area contributed by atoms with Crippen LogP contribution >= 0.6 is 15.9 Å². The van der Waals surface area contributed by atoms with Gasteiger partial charge in [-0.25, -0.2) is 4.39 Å². The van der Waals surface area contributed by atoms with Crippen molar-refractivity contribution in [2.45, 2.75) is 19.4 Å². The summed E-state index contributed by atoms with van der Waals surface area (Å²) in [6.07, 6.45) is -0.507. The number of benzene rings is 1. The molecular weight excluding hydrogens is 277 g/mol. The molecule has 3 nitrogen and oxygen atoms in total. The predicted octanol–water partition coefficient (Wildman–Crippen LogP) is 1.99. The monoisotopic (exact) mass is 287 g/mol. The van der Waals surface area contributed by atoms with E-state index in [0.717, 1.165) is 0 Å². The summed E-state index contributed by atoms with van der Waals surface area (Å²) in [5.41, 5.74) is 1.32. The first-order valence-corrected chi connectivity index (χ1v) is 5.72. The Morgan fingerprint density at radius 1 is 1.56 bits per heavy atom. The van der Waals surface area contributed by atoms with Gasteiger partial charge in [-0.15, -0.1) is 0 Å². The van der Waals surface area contributed by atoms with E-state index in [0.29, 0.717) is 15.7 Å². The molecule has 1 amide bonds. The Labute approximate surface area is 101 Å². The zero-order valence-electron chi connectivity index (χ0n) is 8.70. The molecule has 1 aromatic rings. The quantitative estimate of drug-likeness (QED) is 0.858. The van der Waals surface area contributed by atoms with Gasteiger partial charge in [-0.2, -0.15) is 0 Å². The van der Waals surface area contributed by atoms with Crippen LogP contribution in [0.3, 0.4) is 0 Å². The van der Waals surface area contributed by atoms with Crippen molar-refractivity contribution in [1.82, 2.24) is 0 Å². The maximum atomic E-state index is 13.1. The minimum Gasteiger partial charge on any atom is -0.391 e. The van der Waals surface area contributed by atoms with E-state index in [1.54, 1.807) is 6.92 Å². The number of nitrogens with zero attached hydrogens (tertiary/aromatic N) is 1. The van der Waals surface area contributed by atoms with Gasteiger partial charge in [-0.3, -0.25) is 4.79 Å². The molecule has 0 saturated carbocycles. The van der Waals surface area contributed by atoms with Gasteiger partial charge in [-0.1, -0.05) is 0 Å². The molecule has 2 rings (SSSR count). The van der Waals surface area contributed by atoms with Crippen LogP contribution in [-0.2, 0) is 4.79 Å². The fraction of sp³-hybridized carbons (Fsp3) is 0.364. The lowest BCUT2D eigenvalue weighted by atomic mass is 10.2. The fourth-order valence-electron chi connectivity index (χ4n) is 1.94. The Hall–Kier alpha value is -0.940. The van der Waals surface area contributed by atoms with Gasteiger partial charge in [0.25, 0.3) is 0 Å². The van der Waals surface area contributed by atoms with Crippen LogP contribution < -0.4 is 4.90 Å². The normalized spacial score (nSPS) is 20.6. The summed E-state index contributed by atoms with van der Waals surface area (Å²) in [4.78, 5) is 13.1. The van der Waals surface area contributed by atoms with Gasteiger partial charge >= 0.3 is 0 Å². The van der Waals surface area contributed by atoms with Crippen LogP contribution in [0.25, 0.3) is 0 Å². The Bertz CT molecular complexity index is 427. The first-order chi connectivity index (χ1) is 7.49. The SMILES string of the molecule is Cc1cc(F)cc(Br)c1N1CC(O)CC1=O. The molecule has 0 radical (unpaired) electrons. The Kier molecular flexibility index (Phi) is 2.99. The van der Waals surface area contributed by atoms with Crippen molar-refractivity contribution in [1.29, 1.82) is 0 Å². The van der Waals surface area contributed by atoms with Crippen LogP contribution in [0.15, 0.2) is 16.6 Å². The number of anilines is 1. The smallest absolute Gasteiger partial charge is 0.229 e. The van der Waals surface area contributed by atoms with Crippen molar-refractivity contribution in [2.24, 2.45) is 0 Å². The molecule has 5 heteroatoms. The molecule has 1 saturated heterocycles. The summed E-state index contributed by atoms with van der Waals surface area (Å²) in [5.74, 6) is -0.483. The van der Waals surface area contributed by atoms with Gasteiger partial charge in [0.05, 0.1) is 24.8 Å². The average molecular weight is 288 g/mol. The molecule has 1 aliphatic heterocycles. The molecule has 1 aromatic carbocycles. The highest BCUT2D eigenvalue weighted by atomic mass is 79.9. The second kappa shape index (κ2) is 4.14. The summed E-state index contributed by atoms with van der Waals surface area (Å²) in [6.45, 7) is 2.01. The molecule has 1 atom stereocenters. The van der Waals surface area contributed by atoms with E-state index >= 15 is 0 Å². The van der Waals surface area contributed by atoms with E-state index in [-0.39, 0.29) is 24.7 Å². The van der Waals surface area contributed by atoms with Crippen LogP contribution in [0, 0.1) is 12.7 Å². The number of β-amino-alcohol motifs (C(OH)–C–C–N with tert-alkyl or cyclic N) is 1. The molecule has 0 aromatic heterocycles. The number of carbonyl (C=O) groups excluding carboxylic acids is 1. The molecule has 16 heavy (non-hydrogen) atoms. The molecule has 0 spiro atoms.